The highest BCUT2D eigenvalue weighted by molar-refractivity contribution is 7.21. The zero-order chi connectivity index (χ0) is 13.6. The molecule has 1 aromatic carbocycles. The van der Waals surface area contributed by atoms with Crippen molar-refractivity contribution < 1.29 is 4.79 Å². The van der Waals surface area contributed by atoms with Crippen molar-refractivity contribution in [3.05, 3.63) is 34.7 Å². The average molecular weight is 272 g/mol. The number of amides is 1. The van der Waals surface area contributed by atoms with Crippen molar-refractivity contribution in [2.24, 2.45) is 5.84 Å². The van der Waals surface area contributed by atoms with Crippen LogP contribution in [0.1, 0.15) is 15.2 Å². The number of hydrogen-bond donors (Lipinski definition) is 3. The summed E-state index contributed by atoms with van der Waals surface area (Å²) in [6, 6.07) is 7.83. The van der Waals surface area contributed by atoms with Gasteiger partial charge < -0.3 is 5.73 Å². The molecule has 0 saturated heterocycles. The normalized spacial score (nSPS) is 11.1. The summed E-state index contributed by atoms with van der Waals surface area (Å²) >= 11 is 1.26. The van der Waals surface area contributed by atoms with Crippen LogP contribution in [0.3, 0.4) is 0 Å². The zero-order valence-corrected chi connectivity index (χ0v) is 11.0. The monoisotopic (exact) mass is 272 g/mol. The number of nitrogens with zero attached hydrogens (tertiary/aromatic N) is 1. The number of thiophene rings is 1. The number of fused-ring (bicyclic) bond motifs is 2. The average Bonchev–Trinajstić information content (AvgIpc) is 2.75. The van der Waals surface area contributed by atoms with Crippen LogP contribution in [0.15, 0.2) is 24.3 Å². The lowest BCUT2D eigenvalue weighted by atomic mass is 10.1. The van der Waals surface area contributed by atoms with Gasteiger partial charge in [-0.25, -0.2) is 10.8 Å². The van der Waals surface area contributed by atoms with Gasteiger partial charge in [-0.05, 0) is 18.6 Å². The van der Waals surface area contributed by atoms with Crippen LogP contribution in [0, 0.1) is 6.92 Å². The van der Waals surface area contributed by atoms with Crippen LogP contribution in [-0.2, 0) is 0 Å². The quantitative estimate of drug-likeness (QED) is 0.358. The van der Waals surface area contributed by atoms with Crippen molar-refractivity contribution in [1.29, 1.82) is 0 Å². The molecule has 0 aliphatic heterocycles. The molecule has 5 nitrogen and oxygen atoms in total. The standard InChI is InChI=1S/C13H12N4OS/c1-6-7-4-2-3-5-8(7)16-13-9(6)10(14)11(19-13)12(18)17-15/h2-5H,14-15H2,1H3,(H,17,18). The Bertz CT molecular complexity index is 809. The fourth-order valence-corrected chi connectivity index (χ4v) is 3.31. The molecular formula is C13H12N4OS. The van der Waals surface area contributed by atoms with Crippen molar-refractivity contribution in [2.45, 2.75) is 6.92 Å². The van der Waals surface area contributed by atoms with E-state index >= 15 is 0 Å². The Morgan fingerprint density at radius 1 is 1.37 bits per heavy atom. The number of para-hydroxylation sites is 1. The van der Waals surface area contributed by atoms with E-state index < -0.39 is 0 Å². The topological polar surface area (TPSA) is 94.0 Å². The molecule has 0 spiro atoms. The molecule has 2 heterocycles. The Hall–Kier alpha value is -2.18. The molecule has 0 saturated carbocycles. The molecule has 2 aromatic heterocycles. The van der Waals surface area contributed by atoms with Crippen molar-refractivity contribution in [1.82, 2.24) is 10.4 Å². The van der Waals surface area contributed by atoms with E-state index in [0.29, 0.717) is 10.6 Å². The zero-order valence-electron chi connectivity index (χ0n) is 10.2. The summed E-state index contributed by atoms with van der Waals surface area (Å²) < 4.78 is 0. The molecule has 1 amide bonds. The van der Waals surface area contributed by atoms with E-state index in [9.17, 15) is 4.79 Å². The summed E-state index contributed by atoms with van der Waals surface area (Å²) in [7, 11) is 0. The Morgan fingerprint density at radius 3 is 2.84 bits per heavy atom. The second kappa shape index (κ2) is 4.18. The number of nitrogens with two attached hydrogens (primary N) is 2. The Morgan fingerprint density at radius 2 is 2.11 bits per heavy atom. The number of hydrogen-bond acceptors (Lipinski definition) is 5. The van der Waals surface area contributed by atoms with Crippen molar-refractivity contribution in [2.75, 3.05) is 5.73 Å². The van der Waals surface area contributed by atoms with Gasteiger partial charge in [-0.2, -0.15) is 0 Å². The van der Waals surface area contributed by atoms with E-state index in [4.69, 9.17) is 11.6 Å². The van der Waals surface area contributed by atoms with Gasteiger partial charge in [-0.1, -0.05) is 18.2 Å². The molecule has 0 unspecified atom stereocenters. The molecule has 19 heavy (non-hydrogen) atoms. The van der Waals surface area contributed by atoms with Crippen LogP contribution in [0.4, 0.5) is 5.69 Å². The molecule has 0 aliphatic carbocycles. The highest BCUT2D eigenvalue weighted by atomic mass is 32.1. The summed E-state index contributed by atoms with van der Waals surface area (Å²) in [4.78, 5) is 17.4. The van der Waals surface area contributed by atoms with E-state index in [2.05, 4.69) is 10.4 Å². The van der Waals surface area contributed by atoms with Crippen LogP contribution < -0.4 is 17.0 Å². The number of benzene rings is 1. The summed E-state index contributed by atoms with van der Waals surface area (Å²) in [5.74, 6) is 4.78. The van der Waals surface area contributed by atoms with Crippen molar-refractivity contribution in [3.63, 3.8) is 0 Å². The Kier molecular flexibility index (Phi) is 2.62. The third kappa shape index (κ3) is 1.65. The number of nitrogens with one attached hydrogen (secondary N) is 1. The number of aromatic nitrogens is 1. The lowest BCUT2D eigenvalue weighted by Gasteiger charge is -2.03. The molecular weight excluding hydrogens is 260 g/mol. The van der Waals surface area contributed by atoms with Gasteiger partial charge >= 0.3 is 0 Å². The molecule has 96 valence electrons. The number of pyridine rings is 1. The van der Waals surface area contributed by atoms with Gasteiger partial charge in [-0.3, -0.25) is 10.2 Å². The molecule has 0 atom stereocenters. The molecule has 6 heteroatoms. The molecule has 3 aromatic rings. The molecule has 5 N–H and O–H groups in total. The van der Waals surface area contributed by atoms with Gasteiger partial charge in [0.2, 0.25) is 0 Å². The second-order valence-corrected chi connectivity index (χ2v) is 5.25. The van der Waals surface area contributed by atoms with Crippen LogP contribution in [0.5, 0.6) is 0 Å². The first kappa shape index (κ1) is 11.9. The number of aryl methyl sites for hydroxylation is 1. The Balaban J connectivity index is 2.44. The van der Waals surface area contributed by atoms with Gasteiger partial charge in [0, 0.05) is 10.8 Å². The first-order valence-corrected chi connectivity index (χ1v) is 6.53. The number of rotatable bonds is 1. The molecule has 3 rings (SSSR count). The van der Waals surface area contributed by atoms with E-state index in [1.165, 1.54) is 11.3 Å². The second-order valence-electron chi connectivity index (χ2n) is 4.25. The Labute approximate surface area is 113 Å². The SMILES string of the molecule is Cc1c2ccccc2nc2sc(C(=O)NN)c(N)c12. The predicted molar refractivity (Wildman–Crippen MR) is 77.9 cm³/mol. The van der Waals surface area contributed by atoms with Crippen molar-refractivity contribution >= 4 is 44.1 Å². The number of anilines is 1. The highest BCUT2D eigenvalue weighted by Crippen LogP contribution is 2.37. The smallest absolute Gasteiger partial charge is 0.277 e. The summed E-state index contributed by atoms with van der Waals surface area (Å²) in [6.45, 7) is 1.99. The number of carbonyl (C=O) groups excluding carboxylic acids is 1. The van der Waals surface area contributed by atoms with Gasteiger partial charge in [0.05, 0.1) is 11.2 Å². The van der Waals surface area contributed by atoms with E-state index in [0.717, 1.165) is 26.7 Å². The first-order chi connectivity index (χ1) is 9.13. The number of hydrazine groups is 1. The first-order valence-electron chi connectivity index (χ1n) is 5.71. The molecule has 0 fully saturated rings. The van der Waals surface area contributed by atoms with Crippen LogP contribution in [0.2, 0.25) is 0 Å². The summed E-state index contributed by atoms with van der Waals surface area (Å²) in [6.07, 6.45) is 0. The third-order valence-electron chi connectivity index (χ3n) is 3.17. The van der Waals surface area contributed by atoms with Gasteiger partial charge in [0.1, 0.15) is 9.71 Å². The minimum absolute atomic E-state index is 0.385. The van der Waals surface area contributed by atoms with Crippen LogP contribution in [-0.4, -0.2) is 10.9 Å². The van der Waals surface area contributed by atoms with Crippen molar-refractivity contribution in [3.8, 4) is 0 Å². The number of carbonyl (C=O) groups is 1. The number of nitrogen functional groups attached to an aromatic ring is 2. The predicted octanol–water partition coefficient (Wildman–Crippen LogP) is 1.94. The van der Waals surface area contributed by atoms with Gasteiger partial charge in [-0.15, -0.1) is 11.3 Å². The fourth-order valence-electron chi connectivity index (χ4n) is 2.24. The van der Waals surface area contributed by atoms with Gasteiger partial charge in [0.15, 0.2) is 0 Å². The molecule has 0 radical (unpaired) electrons. The lowest BCUT2D eigenvalue weighted by Crippen LogP contribution is -2.29. The summed E-state index contributed by atoms with van der Waals surface area (Å²) in [5.41, 5.74) is 10.5. The minimum atomic E-state index is -0.385. The van der Waals surface area contributed by atoms with E-state index in [1.54, 1.807) is 0 Å². The van der Waals surface area contributed by atoms with E-state index in [1.807, 2.05) is 31.2 Å². The highest BCUT2D eigenvalue weighted by Gasteiger charge is 2.19. The maximum Gasteiger partial charge on any atom is 0.277 e. The summed E-state index contributed by atoms with van der Waals surface area (Å²) in [5, 5.41) is 1.88. The molecule has 0 bridgehead atoms. The maximum atomic E-state index is 11.7. The minimum Gasteiger partial charge on any atom is -0.397 e. The lowest BCUT2D eigenvalue weighted by molar-refractivity contribution is 0.0958. The third-order valence-corrected chi connectivity index (χ3v) is 4.27. The van der Waals surface area contributed by atoms with E-state index in [-0.39, 0.29) is 5.91 Å². The van der Waals surface area contributed by atoms with Crippen LogP contribution in [0.25, 0.3) is 21.1 Å². The van der Waals surface area contributed by atoms with Crippen LogP contribution >= 0.6 is 11.3 Å². The maximum absolute atomic E-state index is 11.7. The fraction of sp³-hybridized carbons (Fsp3) is 0.0769. The molecule has 0 aliphatic rings. The van der Waals surface area contributed by atoms with Gasteiger partial charge in [0.25, 0.3) is 5.91 Å². The largest absolute Gasteiger partial charge is 0.397 e.